The van der Waals surface area contributed by atoms with Gasteiger partial charge >= 0.3 is 5.97 Å². The van der Waals surface area contributed by atoms with Crippen LogP contribution in [0.1, 0.15) is 20.8 Å². The topological polar surface area (TPSA) is 101 Å². The van der Waals surface area contributed by atoms with Crippen molar-refractivity contribution in [2.24, 2.45) is 17.3 Å². The number of carboxylic acids is 1. The van der Waals surface area contributed by atoms with Crippen LogP contribution in [0, 0.1) is 17.3 Å². The van der Waals surface area contributed by atoms with Crippen LogP contribution in [0.15, 0.2) is 0 Å². The predicted molar refractivity (Wildman–Crippen MR) is 65.7 cm³/mol. The quantitative estimate of drug-likeness (QED) is 0.705. The first-order valence-corrected chi connectivity index (χ1v) is 7.66. The second-order valence-corrected chi connectivity index (χ2v) is 7.62. The van der Waals surface area contributed by atoms with E-state index < -0.39 is 33.1 Å². The molecule has 7 heteroatoms. The van der Waals surface area contributed by atoms with Gasteiger partial charge in [-0.1, -0.05) is 20.8 Å². The van der Waals surface area contributed by atoms with Gasteiger partial charge in [0.05, 0.1) is 17.6 Å². The third-order valence-corrected chi connectivity index (χ3v) is 5.23. The van der Waals surface area contributed by atoms with Gasteiger partial charge in [-0.3, -0.25) is 9.59 Å². The fraction of sp³-hybridized carbons (Fsp3) is 0.818. The van der Waals surface area contributed by atoms with Crippen molar-refractivity contribution in [3.63, 3.8) is 0 Å². The summed E-state index contributed by atoms with van der Waals surface area (Å²) in [7, 11) is -3.11. The molecular formula is C11H19NO5S. The van der Waals surface area contributed by atoms with Crippen molar-refractivity contribution in [2.45, 2.75) is 20.8 Å². The van der Waals surface area contributed by atoms with Crippen molar-refractivity contribution in [2.75, 3.05) is 18.1 Å². The number of aliphatic carboxylic acids is 1. The average molecular weight is 277 g/mol. The lowest BCUT2D eigenvalue weighted by Crippen LogP contribution is -2.32. The fourth-order valence-corrected chi connectivity index (χ4v) is 2.87. The number of hydrogen-bond donors (Lipinski definition) is 2. The molecule has 1 aliphatic rings. The Morgan fingerprint density at radius 2 is 1.83 bits per heavy atom. The molecule has 0 bridgehead atoms. The molecule has 1 fully saturated rings. The number of carbonyl (C=O) groups is 2. The lowest BCUT2D eigenvalue weighted by Gasteiger charge is -2.05. The van der Waals surface area contributed by atoms with Gasteiger partial charge < -0.3 is 10.4 Å². The van der Waals surface area contributed by atoms with Crippen LogP contribution in [-0.4, -0.2) is 43.5 Å². The zero-order valence-electron chi connectivity index (χ0n) is 10.8. The molecule has 0 aliphatic heterocycles. The van der Waals surface area contributed by atoms with Crippen molar-refractivity contribution in [3.05, 3.63) is 0 Å². The summed E-state index contributed by atoms with van der Waals surface area (Å²) in [6, 6.07) is 0. The number of carbonyl (C=O) groups excluding carboxylic acids is 1. The molecule has 1 rings (SSSR count). The number of hydrogen-bond acceptors (Lipinski definition) is 4. The van der Waals surface area contributed by atoms with E-state index >= 15 is 0 Å². The van der Waals surface area contributed by atoms with Gasteiger partial charge in [-0.25, -0.2) is 8.42 Å². The molecule has 2 atom stereocenters. The Morgan fingerprint density at radius 1 is 1.28 bits per heavy atom. The minimum absolute atomic E-state index is 0.0356. The highest BCUT2D eigenvalue weighted by molar-refractivity contribution is 7.91. The van der Waals surface area contributed by atoms with Crippen LogP contribution < -0.4 is 5.32 Å². The zero-order chi connectivity index (χ0) is 14.1. The van der Waals surface area contributed by atoms with Crippen LogP contribution >= 0.6 is 0 Å². The summed E-state index contributed by atoms with van der Waals surface area (Å²) < 4.78 is 22.4. The minimum Gasteiger partial charge on any atom is -0.481 e. The summed E-state index contributed by atoms with van der Waals surface area (Å²) in [4.78, 5) is 22.6. The monoisotopic (exact) mass is 277 g/mol. The summed E-state index contributed by atoms with van der Waals surface area (Å²) in [6.07, 6.45) is 0. The third kappa shape index (κ3) is 3.01. The molecule has 2 N–H and O–H groups in total. The maximum absolute atomic E-state index is 11.7. The Balaban J connectivity index is 2.47. The predicted octanol–water partition coefficient (Wildman–Crippen LogP) is -0.106. The molecule has 0 unspecified atom stereocenters. The molecule has 6 nitrogen and oxygen atoms in total. The van der Waals surface area contributed by atoms with Gasteiger partial charge in [0.2, 0.25) is 5.91 Å². The van der Waals surface area contributed by atoms with E-state index in [0.717, 1.165) is 0 Å². The molecule has 104 valence electrons. The van der Waals surface area contributed by atoms with Gasteiger partial charge in [0.1, 0.15) is 0 Å². The van der Waals surface area contributed by atoms with Gasteiger partial charge in [-0.05, 0) is 5.41 Å². The summed E-state index contributed by atoms with van der Waals surface area (Å²) in [5.41, 5.74) is -0.556. The van der Waals surface area contributed by atoms with Crippen molar-refractivity contribution >= 4 is 21.7 Å². The standard InChI is InChI=1S/C11H19NO5S/c1-4-18(16,17)6-5-12-9(13)7-8(10(14)15)11(7,2)3/h7-8H,4-6H2,1-3H3,(H,12,13)(H,14,15)/t7-,8+/m1/s1. The van der Waals surface area contributed by atoms with Crippen molar-refractivity contribution < 1.29 is 23.1 Å². The van der Waals surface area contributed by atoms with Crippen molar-refractivity contribution in [1.29, 1.82) is 0 Å². The molecule has 0 aromatic heterocycles. The molecule has 0 saturated heterocycles. The number of carboxylic acid groups (broad SMARTS) is 1. The summed E-state index contributed by atoms with van der Waals surface area (Å²) in [5.74, 6) is -2.69. The molecule has 1 amide bonds. The highest BCUT2D eigenvalue weighted by Gasteiger charge is 2.65. The van der Waals surface area contributed by atoms with E-state index in [2.05, 4.69) is 5.32 Å². The van der Waals surface area contributed by atoms with Crippen molar-refractivity contribution in [3.8, 4) is 0 Å². The van der Waals surface area contributed by atoms with E-state index in [1.807, 2.05) is 0 Å². The Labute approximate surface area is 107 Å². The first kappa shape index (κ1) is 14.9. The smallest absolute Gasteiger partial charge is 0.307 e. The Kier molecular flexibility index (Phi) is 4.05. The summed E-state index contributed by atoms with van der Waals surface area (Å²) in [5, 5.41) is 11.4. The van der Waals surface area contributed by atoms with Gasteiger partial charge in [0.25, 0.3) is 0 Å². The lowest BCUT2D eigenvalue weighted by atomic mass is 10.1. The number of sulfone groups is 1. The van der Waals surface area contributed by atoms with Crippen LogP contribution in [-0.2, 0) is 19.4 Å². The molecule has 0 heterocycles. The van der Waals surface area contributed by atoms with Crippen LogP contribution in [0.2, 0.25) is 0 Å². The normalized spacial score (nSPS) is 25.5. The van der Waals surface area contributed by atoms with Gasteiger partial charge in [-0.15, -0.1) is 0 Å². The molecule has 1 aliphatic carbocycles. The van der Waals surface area contributed by atoms with E-state index in [4.69, 9.17) is 5.11 Å². The first-order chi connectivity index (χ1) is 8.13. The van der Waals surface area contributed by atoms with Gasteiger partial charge in [0.15, 0.2) is 9.84 Å². The van der Waals surface area contributed by atoms with Gasteiger partial charge in [-0.2, -0.15) is 0 Å². The maximum atomic E-state index is 11.7. The number of nitrogens with one attached hydrogen (secondary N) is 1. The molecule has 18 heavy (non-hydrogen) atoms. The fourth-order valence-electron chi connectivity index (χ4n) is 2.17. The number of rotatable bonds is 6. The minimum atomic E-state index is -3.11. The molecular weight excluding hydrogens is 258 g/mol. The molecule has 1 saturated carbocycles. The first-order valence-electron chi connectivity index (χ1n) is 5.84. The Hall–Kier alpha value is -1.11. The van der Waals surface area contributed by atoms with E-state index in [9.17, 15) is 18.0 Å². The highest BCUT2D eigenvalue weighted by atomic mass is 32.2. The lowest BCUT2D eigenvalue weighted by molar-refractivity contribution is -0.140. The molecule has 0 aromatic rings. The average Bonchev–Trinajstić information content (AvgIpc) is 2.81. The molecule has 0 aromatic carbocycles. The van der Waals surface area contributed by atoms with E-state index in [1.165, 1.54) is 0 Å². The van der Waals surface area contributed by atoms with E-state index in [-0.39, 0.29) is 24.0 Å². The highest BCUT2D eigenvalue weighted by Crippen LogP contribution is 2.58. The van der Waals surface area contributed by atoms with Crippen molar-refractivity contribution in [1.82, 2.24) is 5.32 Å². The van der Waals surface area contributed by atoms with Crippen LogP contribution in [0.3, 0.4) is 0 Å². The number of amides is 1. The summed E-state index contributed by atoms with van der Waals surface area (Å²) in [6.45, 7) is 5.02. The van der Waals surface area contributed by atoms with Gasteiger partial charge in [0, 0.05) is 12.3 Å². The molecule has 0 spiro atoms. The van der Waals surface area contributed by atoms with Crippen LogP contribution in [0.25, 0.3) is 0 Å². The Bertz CT molecular complexity index is 454. The van der Waals surface area contributed by atoms with E-state index in [1.54, 1.807) is 20.8 Å². The second-order valence-electron chi connectivity index (χ2n) is 5.14. The Morgan fingerprint density at radius 3 is 2.22 bits per heavy atom. The summed E-state index contributed by atoms with van der Waals surface area (Å²) >= 11 is 0. The van der Waals surface area contributed by atoms with Crippen LogP contribution in [0.4, 0.5) is 0 Å². The van der Waals surface area contributed by atoms with E-state index in [0.29, 0.717) is 0 Å². The third-order valence-electron chi connectivity index (χ3n) is 3.53. The second kappa shape index (κ2) is 4.87. The largest absolute Gasteiger partial charge is 0.481 e. The maximum Gasteiger partial charge on any atom is 0.307 e. The zero-order valence-corrected chi connectivity index (χ0v) is 11.6. The SMILES string of the molecule is CCS(=O)(=O)CCNC(=O)[C@H]1[C@@H](C(=O)O)C1(C)C. The van der Waals surface area contributed by atoms with Crippen LogP contribution in [0.5, 0.6) is 0 Å². The molecule has 0 radical (unpaired) electrons.